The average molecular weight is 186 g/mol. The van der Waals surface area contributed by atoms with Crippen LogP contribution in [0.15, 0.2) is 10.9 Å². The molecule has 0 spiro atoms. The smallest absolute Gasteiger partial charge is 0.350 e. The Bertz CT molecular complexity index is 360. The number of nitrogens with zero attached hydrogens (tertiary/aromatic N) is 2. The van der Waals surface area contributed by atoms with E-state index >= 15 is 0 Å². The highest BCUT2D eigenvalue weighted by molar-refractivity contribution is 6.29. The van der Waals surface area contributed by atoms with Crippen LogP contribution in [0.3, 0.4) is 0 Å². The normalized spacial score (nSPS) is 15.1. The monoisotopic (exact) mass is 185 g/mol. The van der Waals surface area contributed by atoms with Crippen molar-refractivity contribution in [2.75, 3.05) is 11.9 Å². The van der Waals surface area contributed by atoms with E-state index in [1.165, 1.54) is 0 Å². The summed E-state index contributed by atoms with van der Waals surface area (Å²) < 4.78 is 1.59. The van der Waals surface area contributed by atoms with E-state index in [0.717, 1.165) is 25.3 Å². The quantitative estimate of drug-likeness (QED) is 0.606. The van der Waals surface area contributed by atoms with Gasteiger partial charge in [0.1, 0.15) is 11.0 Å². The summed E-state index contributed by atoms with van der Waals surface area (Å²) in [6.07, 6.45) is 0.955. The molecule has 0 aliphatic carbocycles. The van der Waals surface area contributed by atoms with Gasteiger partial charge in [-0.2, -0.15) is 4.98 Å². The fourth-order valence-corrected chi connectivity index (χ4v) is 1.47. The van der Waals surface area contributed by atoms with Gasteiger partial charge in [-0.25, -0.2) is 4.79 Å². The Morgan fingerprint density at radius 2 is 2.50 bits per heavy atom. The first kappa shape index (κ1) is 7.61. The van der Waals surface area contributed by atoms with Crippen LogP contribution in [0.4, 0.5) is 5.82 Å². The molecular weight excluding hydrogens is 178 g/mol. The lowest BCUT2D eigenvalue weighted by Crippen LogP contribution is -2.30. The van der Waals surface area contributed by atoms with Crippen LogP contribution in [0.25, 0.3) is 0 Å². The van der Waals surface area contributed by atoms with Gasteiger partial charge in [0.25, 0.3) is 0 Å². The first-order valence-corrected chi connectivity index (χ1v) is 4.16. The molecule has 0 saturated heterocycles. The van der Waals surface area contributed by atoms with Crippen molar-refractivity contribution in [3.63, 3.8) is 0 Å². The molecule has 0 fully saturated rings. The van der Waals surface area contributed by atoms with Gasteiger partial charge in [0, 0.05) is 19.2 Å². The molecule has 2 rings (SSSR count). The summed E-state index contributed by atoms with van der Waals surface area (Å²) in [6, 6.07) is 1.67. The number of fused-ring (bicyclic) bond motifs is 1. The first-order valence-electron chi connectivity index (χ1n) is 3.78. The van der Waals surface area contributed by atoms with Gasteiger partial charge < -0.3 is 5.32 Å². The Morgan fingerprint density at radius 1 is 1.67 bits per heavy atom. The molecule has 0 saturated carbocycles. The molecule has 4 nitrogen and oxygen atoms in total. The molecule has 1 N–H and O–H groups in total. The summed E-state index contributed by atoms with van der Waals surface area (Å²) >= 11 is 5.62. The summed E-state index contributed by atoms with van der Waals surface area (Å²) in [6.45, 7) is 1.62. The fraction of sp³-hybridized carbons (Fsp3) is 0.429. The fourth-order valence-electron chi connectivity index (χ4n) is 1.29. The van der Waals surface area contributed by atoms with Crippen LogP contribution in [0.5, 0.6) is 0 Å². The lowest BCUT2D eigenvalue weighted by Gasteiger charge is -2.18. The van der Waals surface area contributed by atoms with Crippen molar-refractivity contribution >= 4 is 17.4 Å². The Labute approximate surface area is 74.2 Å². The lowest BCUT2D eigenvalue weighted by molar-refractivity contribution is 0.594. The molecule has 0 bridgehead atoms. The molecule has 1 aliphatic heterocycles. The van der Waals surface area contributed by atoms with E-state index < -0.39 is 0 Å². The average Bonchev–Trinajstić information content (AvgIpc) is 2.04. The second-order valence-electron chi connectivity index (χ2n) is 2.68. The molecule has 0 radical (unpaired) electrons. The molecule has 0 amide bonds. The minimum Gasteiger partial charge on any atom is -0.371 e. The van der Waals surface area contributed by atoms with Crippen molar-refractivity contribution in [1.82, 2.24) is 9.55 Å². The Hall–Kier alpha value is -1.03. The van der Waals surface area contributed by atoms with Crippen LogP contribution in [0.2, 0.25) is 5.15 Å². The van der Waals surface area contributed by atoms with Gasteiger partial charge in [-0.3, -0.25) is 4.57 Å². The second kappa shape index (κ2) is 2.79. The van der Waals surface area contributed by atoms with Gasteiger partial charge in [0.05, 0.1) is 0 Å². The maximum Gasteiger partial charge on any atom is 0.350 e. The maximum absolute atomic E-state index is 11.2. The van der Waals surface area contributed by atoms with Gasteiger partial charge in [0.2, 0.25) is 0 Å². The predicted molar refractivity (Wildman–Crippen MR) is 46.6 cm³/mol. The molecule has 1 aromatic heterocycles. The van der Waals surface area contributed by atoms with Crippen molar-refractivity contribution in [2.45, 2.75) is 13.0 Å². The second-order valence-corrected chi connectivity index (χ2v) is 3.07. The van der Waals surface area contributed by atoms with Gasteiger partial charge in [-0.15, -0.1) is 0 Å². The molecule has 1 aromatic rings. The standard InChI is InChI=1S/C7H8ClN3O/c8-5-4-6-9-2-1-3-11(6)7(12)10-5/h4,9H,1-3H2. The molecule has 0 unspecified atom stereocenters. The number of nitrogens with one attached hydrogen (secondary N) is 1. The molecule has 5 heteroatoms. The molecule has 0 aromatic carbocycles. The maximum atomic E-state index is 11.2. The summed E-state index contributed by atoms with van der Waals surface area (Å²) in [5.74, 6) is 0.770. The lowest BCUT2D eigenvalue weighted by atomic mass is 10.3. The van der Waals surface area contributed by atoms with Gasteiger partial charge in [-0.05, 0) is 6.42 Å². The molecule has 0 atom stereocenters. The highest BCUT2D eigenvalue weighted by Crippen LogP contribution is 2.13. The number of hydrogen-bond acceptors (Lipinski definition) is 3. The van der Waals surface area contributed by atoms with E-state index in [4.69, 9.17) is 11.6 Å². The molecule has 2 heterocycles. The zero-order valence-corrected chi connectivity index (χ0v) is 7.14. The third-order valence-electron chi connectivity index (χ3n) is 1.84. The van der Waals surface area contributed by atoms with Crippen LogP contribution < -0.4 is 11.0 Å². The zero-order valence-electron chi connectivity index (χ0n) is 6.38. The van der Waals surface area contributed by atoms with Crippen LogP contribution in [0, 0.1) is 0 Å². The Morgan fingerprint density at radius 3 is 3.33 bits per heavy atom. The van der Waals surface area contributed by atoms with E-state index in [2.05, 4.69) is 10.3 Å². The van der Waals surface area contributed by atoms with Crippen molar-refractivity contribution in [3.05, 3.63) is 21.7 Å². The molecular formula is C7H8ClN3O. The van der Waals surface area contributed by atoms with Crippen LogP contribution in [0.1, 0.15) is 6.42 Å². The summed E-state index contributed by atoms with van der Waals surface area (Å²) in [4.78, 5) is 14.8. The van der Waals surface area contributed by atoms with E-state index in [0.29, 0.717) is 0 Å². The first-order chi connectivity index (χ1) is 5.77. The summed E-state index contributed by atoms with van der Waals surface area (Å²) in [5.41, 5.74) is -0.273. The molecule has 12 heavy (non-hydrogen) atoms. The largest absolute Gasteiger partial charge is 0.371 e. The van der Waals surface area contributed by atoms with Crippen molar-refractivity contribution in [1.29, 1.82) is 0 Å². The Kier molecular flexibility index (Phi) is 1.77. The number of rotatable bonds is 0. The van der Waals surface area contributed by atoms with Crippen molar-refractivity contribution in [3.8, 4) is 0 Å². The highest BCUT2D eigenvalue weighted by atomic mass is 35.5. The van der Waals surface area contributed by atoms with Gasteiger partial charge >= 0.3 is 5.69 Å². The van der Waals surface area contributed by atoms with E-state index in [1.807, 2.05) is 0 Å². The Balaban J connectivity index is 2.60. The van der Waals surface area contributed by atoms with Crippen molar-refractivity contribution in [2.24, 2.45) is 0 Å². The van der Waals surface area contributed by atoms with Crippen molar-refractivity contribution < 1.29 is 0 Å². The number of hydrogen-bond donors (Lipinski definition) is 1. The molecule has 1 aliphatic rings. The van der Waals surface area contributed by atoms with E-state index in [1.54, 1.807) is 10.6 Å². The third kappa shape index (κ3) is 1.18. The SMILES string of the molecule is O=c1nc(Cl)cc2n1CCCN2. The third-order valence-corrected chi connectivity index (χ3v) is 2.04. The summed E-state index contributed by atoms with van der Waals surface area (Å²) in [7, 11) is 0. The van der Waals surface area contributed by atoms with Crippen LogP contribution in [-0.2, 0) is 6.54 Å². The van der Waals surface area contributed by atoms with Crippen LogP contribution in [-0.4, -0.2) is 16.1 Å². The van der Waals surface area contributed by atoms with Gasteiger partial charge in [0.15, 0.2) is 0 Å². The minimum atomic E-state index is -0.273. The number of anilines is 1. The van der Waals surface area contributed by atoms with Crippen LogP contribution >= 0.6 is 11.6 Å². The molecule has 64 valence electrons. The summed E-state index contributed by atoms with van der Waals surface area (Å²) in [5, 5.41) is 3.33. The zero-order chi connectivity index (χ0) is 8.55. The topological polar surface area (TPSA) is 46.9 Å². The van der Waals surface area contributed by atoms with Gasteiger partial charge in [-0.1, -0.05) is 11.6 Å². The van der Waals surface area contributed by atoms with E-state index in [-0.39, 0.29) is 10.8 Å². The number of aromatic nitrogens is 2. The minimum absolute atomic E-state index is 0.251. The number of halogens is 1. The predicted octanol–water partition coefficient (Wildman–Crippen LogP) is 0.712. The van der Waals surface area contributed by atoms with E-state index in [9.17, 15) is 4.79 Å². The highest BCUT2D eigenvalue weighted by Gasteiger charge is 2.10.